The van der Waals surface area contributed by atoms with Crippen molar-refractivity contribution in [3.8, 4) is 22.0 Å². The molecule has 0 aliphatic heterocycles. The van der Waals surface area contributed by atoms with E-state index in [9.17, 15) is 14.3 Å². The van der Waals surface area contributed by atoms with E-state index in [2.05, 4.69) is 9.97 Å². The summed E-state index contributed by atoms with van der Waals surface area (Å²) in [7, 11) is 0. The Labute approximate surface area is 127 Å². The first kappa shape index (κ1) is 14.4. The van der Waals surface area contributed by atoms with Gasteiger partial charge in [-0.05, 0) is 24.3 Å². The standard InChI is InChI=1S/C14H9FN2O4S/c15-8-3-1-7(2-4-8)11-12(21-10(5-18)17-11)13-16-9(6-22-13)14(19)20/h1-4,6,18H,5H2,(H,19,20). The maximum absolute atomic E-state index is 13.0. The molecule has 0 bridgehead atoms. The highest BCUT2D eigenvalue weighted by Crippen LogP contribution is 2.34. The van der Waals surface area contributed by atoms with Crippen molar-refractivity contribution in [2.45, 2.75) is 6.61 Å². The summed E-state index contributed by atoms with van der Waals surface area (Å²) in [5, 5.41) is 19.8. The molecule has 2 aromatic heterocycles. The lowest BCUT2D eigenvalue weighted by atomic mass is 10.1. The van der Waals surface area contributed by atoms with Gasteiger partial charge in [-0.25, -0.2) is 19.2 Å². The van der Waals surface area contributed by atoms with E-state index in [-0.39, 0.29) is 17.3 Å². The van der Waals surface area contributed by atoms with Crippen LogP contribution in [0.1, 0.15) is 16.4 Å². The molecule has 0 atom stereocenters. The average molecular weight is 320 g/mol. The van der Waals surface area contributed by atoms with Gasteiger partial charge < -0.3 is 14.6 Å². The molecule has 3 rings (SSSR count). The number of carboxylic acids is 1. The summed E-state index contributed by atoms with van der Waals surface area (Å²) in [6.07, 6.45) is 0. The summed E-state index contributed by atoms with van der Waals surface area (Å²) < 4.78 is 18.5. The van der Waals surface area contributed by atoms with E-state index in [0.717, 1.165) is 11.3 Å². The lowest BCUT2D eigenvalue weighted by Crippen LogP contribution is -1.95. The van der Waals surface area contributed by atoms with Crippen LogP contribution >= 0.6 is 11.3 Å². The number of nitrogens with zero attached hydrogens (tertiary/aromatic N) is 2. The molecule has 0 saturated carbocycles. The Morgan fingerprint density at radius 1 is 1.27 bits per heavy atom. The normalized spacial score (nSPS) is 10.8. The van der Waals surface area contributed by atoms with Gasteiger partial charge >= 0.3 is 5.97 Å². The number of carboxylic acid groups (broad SMARTS) is 1. The van der Waals surface area contributed by atoms with Gasteiger partial charge in [-0.1, -0.05) is 0 Å². The van der Waals surface area contributed by atoms with Crippen molar-refractivity contribution in [1.29, 1.82) is 0 Å². The van der Waals surface area contributed by atoms with Crippen LogP contribution in [-0.2, 0) is 6.61 Å². The van der Waals surface area contributed by atoms with Crippen molar-refractivity contribution in [2.24, 2.45) is 0 Å². The van der Waals surface area contributed by atoms with E-state index in [1.54, 1.807) is 0 Å². The molecule has 2 heterocycles. The highest BCUT2D eigenvalue weighted by Gasteiger charge is 2.20. The first-order valence-electron chi connectivity index (χ1n) is 6.14. The molecule has 0 aliphatic carbocycles. The number of aromatic carboxylic acids is 1. The molecule has 0 aliphatic rings. The summed E-state index contributed by atoms with van der Waals surface area (Å²) in [4.78, 5) is 19.0. The molecule has 0 fully saturated rings. The minimum absolute atomic E-state index is 0.0707. The van der Waals surface area contributed by atoms with Gasteiger partial charge in [0.05, 0.1) is 0 Å². The number of aromatic nitrogens is 2. The molecule has 0 amide bonds. The molecule has 1 aromatic carbocycles. The molecular formula is C14H9FN2O4S. The Bertz CT molecular complexity index is 826. The predicted molar refractivity (Wildman–Crippen MR) is 75.9 cm³/mol. The number of carbonyl (C=O) groups is 1. The number of oxazole rings is 1. The van der Waals surface area contributed by atoms with Crippen molar-refractivity contribution >= 4 is 17.3 Å². The quantitative estimate of drug-likeness (QED) is 0.767. The second-order valence-electron chi connectivity index (χ2n) is 4.29. The third-order valence-corrected chi connectivity index (χ3v) is 3.68. The van der Waals surface area contributed by atoms with Crippen LogP contribution in [0.5, 0.6) is 0 Å². The van der Waals surface area contributed by atoms with Gasteiger partial charge in [-0.2, -0.15) is 0 Å². The Morgan fingerprint density at radius 2 is 2.00 bits per heavy atom. The molecule has 0 unspecified atom stereocenters. The van der Waals surface area contributed by atoms with Crippen molar-refractivity contribution in [1.82, 2.24) is 9.97 Å². The van der Waals surface area contributed by atoms with Crippen LogP contribution in [0.2, 0.25) is 0 Å². The van der Waals surface area contributed by atoms with E-state index in [0.29, 0.717) is 16.3 Å². The second kappa shape index (κ2) is 5.66. The molecule has 22 heavy (non-hydrogen) atoms. The van der Waals surface area contributed by atoms with Gasteiger partial charge in [-0.3, -0.25) is 0 Å². The molecular weight excluding hydrogens is 311 g/mol. The van der Waals surface area contributed by atoms with Gasteiger partial charge in [0.25, 0.3) is 0 Å². The SMILES string of the molecule is O=C(O)c1csc(-c2oc(CO)nc2-c2ccc(F)cc2)n1. The van der Waals surface area contributed by atoms with E-state index < -0.39 is 18.4 Å². The third kappa shape index (κ3) is 2.61. The summed E-state index contributed by atoms with van der Waals surface area (Å²) in [6.45, 7) is -0.411. The fourth-order valence-electron chi connectivity index (χ4n) is 1.86. The fraction of sp³-hybridized carbons (Fsp3) is 0.0714. The Morgan fingerprint density at radius 3 is 2.59 bits per heavy atom. The molecule has 0 radical (unpaired) electrons. The highest BCUT2D eigenvalue weighted by molar-refractivity contribution is 7.13. The minimum Gasteiger partial charge on any atom is -0.476 e. The zero-order valence-corrected chi connectivity index (χ0v) is 11.8. The van der Waals surface area contributed by atoms with E-state index >= 15 is 0 Å². The zero-order chi connectivity index (χ0) is 15.7. The Balaban J connectivity index is 2.11. The number of hydrogen-bond donors (Lipinski definition) is 2. The predicted octanol–water partition coefficient (Wildman–Crippen LogP) is 2.79. The molecule has 0 spiro atoms. The zero-order valence-electron chi connectivity index (χ0n) is 11.0. The molecule has 6 nitrogen and oxygen atoms in total. The number of aliphatic hydroxyl groups excluding tert-OH is 1. The third-order valence-electron chi connectivity index (χ3n) is 2.84. The van der Waals surface area contributed by atoms with E-state index in [1.807, 2.05) is 0 Å². The fourth-order valence-corrected chi connectivity index (χ4v) is 2.63. The largest absolute Gasteiger partial charge is 0.476 e. The first-order chi connectivity index (χ1) is 10.6. The van der Waals surface area contributed by atoms with Crippen LogP contribution in [0.25, 0.3) is 22.0 Å². The first-order valence-corrected chi connectivity index (χ1v) is 7.02. The number of aliphatic hydroxyl groups is 1. The van der Waals surface area contributed by atoms with Crippen molar-refractivity contribution in [3.63, 3.8) is 0 Å². The highest BCUT2D eigenvalue weighted by atomic mass is 32.1. The number of halogens is 1. The van der Waals surface area contributed by atoms with Crippen LogP contribution in [0, 0.1) is 5.82 Å². The maximum Gasteiger partial charge on any atom is 0.355 e. The lowest BCUT2D eigenvalue weighted by molar-refractivity contribution is 0.0691. The van der Waals surface area contributed by atoms with Gasteiger partial charge in [0.1, 0.15) is 18.1 Å². The Kier molecular flexibility index (Phi) is 3.70. The van der Waals surface area contributed by atoms with Crippen molar-refractivity contribution in [2.75, 3.05) is 0 Å². The van der Waals surface area contributed by atoms with Crippen molar-refractivity contribution in [3.05, 3.63) is 47.0 Å². The summed E-state index contributed by atoms with van der Waals surface area (Å²) in [5.41, 5.74) is 0.842. The summed E-state index contributed by atoms with van der Waals surface area (Å²) >= 11 is 1.09. The van der Waals surface area contributed by atoms with Gasteiger partial charge in [-0.15, -0.1) is 11.3 Å². The average Bonchev–Trinajstić information content (AvgIpc) is 3.14. The molecule has 8 heteroatoms. The molecule has 112 valence electrons. The molecule has 3 aromatic rings. The van der Waals surface area contributed by atoms with Crippen LogP contribution in [0.4, 0.5) is 4.39 Å². The number of benzene rings is 1. The maximum atomic E-state index is 13.0. The summed E-state index contributed by atoms with van der Waals surface area (Å²) in [5.74, 6) is -1.22. The van der Waals surface area contributed by atoms with E-state index in [1.165, 1.54) is 29.6 Å². The van der Waals surface area contributed by atoms with Gasteiger partial charge in [0.2, 0.25) is 5.89 Å². The van der Waals surface area contributed by atoms with Crippen LogP contribution < -0.4 is 0 Å². The lowest BCUT2D eigenvalue weighted by Gasteiger charge is -1.98. The smallest absolute Gasteiger partial charge is 0.355 e. The van der Waals surface area contributed by atoms with Gasteiger partial charge in [0, 0.05) is 10.9 Å². The summed E-state index contributed by atoms with van der Waals surface area (Å²) in [6, 6.07) is 5.58. The van der Waals surface area contributed by atoms with Crippen LogP contribution in [0.3, 0.4) is 0 Å². The minimum atomic E-state index is -1.15. The number of hydrogen-bond acceptors (Lipinski definition) is 6. The monoisotopic (exact) mass is 320 g/mol. The van der Waals surface area contributed by atoms with E-state index in [4.69, 9.17) is 9.52 Å². The Hall–Kier alpha value is -2.58. The molecule has 2 N–H and O–H groups in total. The number of rotatable bonds is 4. The van der Waals surface area contributed by atoms with Crippen LogP contribution in [0.15, 0.2) is 34.1 Å². The second-order valence-corrected chi connectivity index (χ2v) is 5.15. The van der Waals surface area contributed by atoms with Gasteiger partial charge in [0.15, 0.2) is 16.5 Å². The van der Waals surface area contributed by atoms with Crippen LogP contribution in [-0.4, -0.2) is 26.2 Å². The topological polar surface area (TPSA) is 96.5 Å². The molecule has 0 saturated heterocycles. The van der Waals surface area contributed by atoms with Crippen molar-refractivity contribution < 1.29 is 23.8 Å². The number of thiazole rings is 1.